The fraction of sp³-hybridized carbons (Fsp3) is 0.0625. The molecule has 0 aliphatic carbocycles. The Labute approximate surface area is 201 Å². The van der Waals surface area contributed by atoms with Crippen LogP contribution in [0.3, 0.4) is 0 Å². The Morgan fingerprint density at radius 2 is 1.15 bits per heavy atom. The summed E-state index contributed by atoms with van der Waals surface area (Å²) in [6.45, 7) is 2.12. The van der Waals surface area contributed by atoms with Crippen LogP contribution in [0.1, 0.15) is 16.7 Å². The van der Waals surface area contributed by atoms with Gasteiger partial charge in [-0.1, -0.05) is 90.5 Å². The highest BCUT2D eigenvalue weighted by Crippen LogP contribution is 2.39. The lowest BCUT2D eigenvalue weighted by Gasteiger charge is -2.27. The molecule has 0 aliphatic rings. The molecule has 2 N–H and O–H groups in total. The summed E-state index contributed by atoms with van der Waals surface area (Å²) < 4.78 is 0. The summed E-state index contributed by atoms with van der Waals surface area (Å²) in [4.78, 5) is 2.30. The highest BCUT2D eigenvalue weighted by Gasteiger charge is 2.16. The van der Waals surface area contributed by atoms with Gasteiger partial charge in [0, 0.05) is 28.3 Å². The number of para-hydroxylation sites is 2. The molecular formula is C32H28N2. The summed E-state index contributed by atoms with van der Waals surface area (Å²) in [5.74, 6) is 0. The summed E-state index contributed by atoms with van der Waals surface area (Å²) >= 11 is 0. The Morgan fingerprint density at radius 3 is 1.85 bits per heavy atom. The maximum absolute atomic E-state index is 6.47. The van der Waals surface area contributed by atoms with Crippen molar-refractivity contribution in [3.63, 3.8) is 0 Å². The predicted octanol–water partition coefficient (Wildman–Crippen LogP) is 8.30. The molecule has 0 heterocycles. The summed E-state index contributed by atoms with van der Waals surface area (Å²) in [6.07, 6.45) is 0.848. The number of benzene rings is 5. The molecule has 0 radical (unpaired) electrons. The molecule has 0 amide bonds. The fourth-order valence-corrected chi connectivity index (χ4v) is 4.38. The van der Waals surface area contributed by atoms with Crippen LogP contribution in [0.25, 0.3) is 11.1 Å². The first-order valence-corrected chi connectivity index (χ1v) is 11.6. The van der Waals surface area contributed by atoms with Gasteiger partial charge in [-0.05, 0) is 72.5 Å². The Balaban J connectivity index is 1.68. The van der Waals surface area contributed by atoms with E-state index in [-0.39, 0.29) is 0 Å². The molecule has 0 fully saturated rings. The molecule has 166 valence electrons. The van der Waals surface area contributed by atoms with Crippen molar-refractivity contribution in [2.24, 2.45) is 0 Å². The molecule has 0 bridgehead atoms. The van der Waals surface area contributed by atoms with Crippen LogP contribution in [-0.4, -0.2) is 0 Å². The number of nitrogens with zero attached hydrogens (tertiary/aromatic N) is 1. The van der Waals surface area contributed by atoms with Gasteiger partial charge in [0.2, 0.25) is 0 Å². The number of hydrogen-bond donors (Lipinski definition) is 1. The second-order valence-corrected chi connectivity index (χ2v) is 8.60. The van der Waals surface area contributed by atoms with E-state index in [1.165, 1.54) is 16.7 Å². The standard InChI is InChI=1S/C32H28N2/c1-24-16-19-28(20-17-24)34(27-12-6-3-7-13-27)29-21-18-26(22-25-10-4-2-5-11-25)31(23-29)30-14-8-9-15-32(30)33/h2-21,23H,22,33H2,1H3. The molecule has 34 heavy (non-hydrogen) atoms. The van der Waals surface area contributed by atoms with Crippen LogP contribution in [-0.2, 0) is 6.42 Å². The fourth-order valence-electron chi connectivity index (χ4n) is 4.38. The molecule has 0 spiro atoms. The zero-order valence-electron chi connectivity index (χ0n) is 19.4. The van der Waals surface area contributed by atoms with E-state index in [2.05, 4.69) is 127 Å². The van der Waals surface area contributed by atoms with E-state index in [1.54, 1.807) is 0 Å². The lowest BCUT2D eigenvalue weighted by molar-refractivity contribution is 1.19. The van der Waals surface area contributed by atoms with Gasteiger partial charge in [0.1, 0.15) is 0 Å². The highest BCUT2D eigenvalue weighted by molar-refractivity contribution is 5.85. The van der Waals surface area contributed by atoms with E-state index in [0.29, 0.717) is 0 Å². The first-order chi connectivity index (χ1) is 16.7. The van der Waals surface area contributed by atoms with Crippen molar-refractivity contribution in [3.05, 3.63) is 144 Å². The predicted molar refractivity (Wildman–Crippen MR) is 145 cm³/mol. The second-order valence-electron chi connectivity index (χ2n) is 8.60. The van der Waals surface area contributed by atoms with E-state index < -0.39 is 0 Å². The van der Waals surface area contributed by atoms with Crippen molar-refractivity contribution in [2.45, 2.75) is 13.3 Å². The topological polar surface area (TPSA) is 29.3 Å². The van der Waals surface area contributed by atoms with E-state index >= 15 is 0 Å². The van der Waals surface area contributed by atoms with E-state index in [0.717, 1.165) is 40.3 Å². The Morgan fingerprint density at radius 1 is 0.559 bits per heavy atom. The molecule has 0 unspecified atom stereocenters. The highest BCUT2D eigenvalue weighted by atomic mass is 15.1. The number of aryl methyl sites for hydroxylation is 1. The van der Waals surface area contributed by atoms with Crippen LogP contribution in [0.5, 0.6) is 0 Å². The molecule has 0 aromatic heterocycles. The molecule has 5 aromatic rings. The van der Waals surface area contributed by atoms with Crippen molar-refractivity contribution >= 4 is 22.7 Å². The minimum Gasteiger partial charge on any atom is -0.398 e. The Bertz CT molecular complexity index is 1370. The Kier molecular flexibility index (Phi) is 6.13. The average molecular weight is 441 g/mol. The van der Waals surface area contributed by atoms with Crippen LogP contribution in [0.15, 0.2) is 127 Å². The van der Waals surface area contributed by atoms with Crippen molar-refractivity contribution in [1.82, 2.24) is 0 Å². The molecule has 2 heteroatoms. The first-order valence-electron chi connectivity index (χ1n) is 11.6. The summed E-state index contributed by atoms with van der Waals surface area (Å²) in [5, 5.41) is 0. The first kappa shape index (κ1) is 21.5. The summed E-state index contributed by atoms with van der Waals surface area (Å²) in [7, 11) is 0. The van der Waals surface area contributed by atoms with Gasteiger partial charge in [0.05, 0.1) is 0 Å². The van der Waals surface area contributed by atoms with E-state index in [1.807, 2.05) is 12.1 Å². The molecular weight excluding hydrogens is 412 g/mol. The van der Waals surface area contributed by atoms with Gasteiger partial charge in [-0.2, -0.15) is 0 Å². The van der Waals surface area contributed by atoms with Gasteiger partial charge in [0.15, 0.2) is 0 Å². The normalized spacial score (nSPS) is 10.7. The number of nitrogen functional groups attached to an aromatic ring is 1. The summed E-state index contributed by atoms with van der Waals surface area (Å²) in [6, 6.07) is 44.6. The molecule has 0 atom stereocenters. The van der Waals surface area contributed by atoms with Gasteiger partial charge >= 0.3 is 0 Å². The number of nitrogens with two attached hydrogens (primary N) is 1. The molecule has 5 rings (SSSR count). The van der Waals surface area contributed by atoms with Crippen LogP contribution in [0.4, 0.5) is 22.7 Å². The lowest BCUT2D eigenvalue weighted by atomic mass is 9.93. The maximum Gasteiger partial charge on any atom is 0.0468 e. The number of rotatable bonds is 6. The third-order valence-corrected chi connectivity index (χ3v) is 6.15. The van der Waals surface area contributed by atoms with E-state index in [9.17, 15) is 0 Å². The quantitative estimate of drug-likeness (QED) is 0.269. The average Bonchev–Trinajstić information content (AvgIpc) is 2.88. The smallest absolute Gasteiger partial charge is 0.0468 e. The van der Waals surface area contributed by atoms with Crippen LogP contribution < -0.4 is 10.6 Å². The van der Waals surface area contributed by atoms with Gasteiger partial charge in [-0.25, -0.2) is 0 Å². The summed E-state index contributed by atoms with van der Waals surface area (Å²) in [5.41, 5.74) is 16.6. The lowest BCUT2D eigenvalue weighted by Crippen LogP contribution is -2.10. The van der Waals surface area contributed by atoms with Crippen molar-refractivity contribution in [1.29, 1.82) is 0 Å². The van der Waals surface area contributed by atoms with Gasteiger partial charge in [-0.15, -0.1) is 0 Å². The number of hydrogen-bond acceptors (Lipinski definition) is 2. The van der Waals surface area contributed by atoms with Crippen molar-refractivity contribution in [3.8, 4) is 11.1 Å². The zero-order chi connectivity index (χ0) is 23.3. The largest absolute Gasteiger partial charge is 0.398 e. The molecule has 0 saturated heterocycles. The van der Waals surface area contributed by atoms with Gasteiger partial charge in [0.25, 0.3) is 0 Å². The van der Waals surface area contributed by atoms with E-state index in [4.69, 9.17) is 5.73 Å². The third-order valence-electron chi connectivity index (χ3n) is 6.15. The van der Waals surface area contributed by atoms with Crippen LogP contribution in [0, 0.1) is 6.92 Å². The van der Waals surface area contributed by atoms with Gasteiger partial charge in [-0.3, -0.25) is 0 Å². The monoisotopic (exact) mass is 440 g/mol. The second kappa shape index (κ2) is 9.68. The van der Waals surface area contributed by atoms with Crippen LogP contribution in [0.2, 0.25) is 0 Å². The minimum atomic E-state index is 0.788. The van der Waals surface area contributed by atoms with Crippen LogP contribution >= 0.6 is 0 Å². The number of anilines is 4. The Hall–Kier alpha value is -4.30. The zero-order valence-corrected chi connectivity index (χ0v) is 19.4. The maximum atomic E-state index is 6.47. The van der Waals surface area contributed by atoms with Crippen molar-refractivity contribution in [2.75, 3.05) is 10.6 Å². The molecule has 0 saturated carbocycles. The van der Waals surface area contributed by atoms with Gasteiger partial charge < -0.3 is 10.6 Å². The molecule has 0 aliphatic heterocycles. The van der Waals surface area contributed by atoms with Crippen molar-refractivity contribution < 1.29 is 0 Å². The molecule has 2 nitrogen and oxygen atoms in total. The third kappa shape index (κ3) is 4.57. The molecule has 5 aromatic carbocycles. The SMILES string of the molecule is Cc1ccc(N(c2ccccc2)c2ccc(Cc3ccccc3)c(-c3ccccc3N)c2)cc1. The minimum absolute atomic E-state index is 0.788.